The van der Waals surface area contributed by atoms with Gasteiger partial charge in [0.15, 0.2) is 0 Å². The predicted molar refractivity (Wildman–Crippen MR) is 45.7 cm³/mol. The summed E-state index contributed by atoms with van der Waals surface area (Å²) in [5, 5.41) is 8.67. The molecule has 4 nitrogen and oxygen atoms in total. The van der Waals surface area contributed by atoms with Crippen LogP contribution in [0.15, 0.2) is 0 Å². The van der Waals surface area contributed by atoms with E-state index in [1.165, 1.54) is 0 Å². The van der Waals surface area contributed by atoms with Gasteiger partial charge in [-0.1, -0.05) is 11.3 Å². The zero-order valence-electron chi connectivity index (χ0n) is 7.14. The minimum atomic E-state index is -4.40. The van der Waals surface area contributed by atoms with E-state index in [9.17, 15) is 13.2 Å². The van der Waals surface area contributed by atoms with E-state index in [4.69, 9.17) is 5.73 Å². The highest BCUT2D eigenvalue weighted by atomic mass is 32.1. The normalized spacial score (nSPS) is 12.0. The van der Waals surface area contributed by atoms with Gasteiger partial charge in [0.1, 0.15) is 5.01 Å². The van der Waals surface area contributed by atoms with Crippen LogP contribution in [0.5, 0.6) is 0 Å². The van der Waals surface area contributed by atoms with Crippen molar-refractivity contribution in [3.63, 3.8) is 0 Å². The fraction of sp³-hybridized carbons (Fsp3) is 0.667. The maximum atomic E-state index is 12.1. The lowest BCUT2D eigenvalue weighted by molar-refractivity contribution is -0.138. The molecular formula is C6H9F3N4S. The van der Waals surface area contributed by atoms with Crippen molar-refractivity contribution in [2.45, 2.75) is 12.7 Å². The average molecular weight is 226 g/mol. The van der Waals surface area contributed by atoms with Crippen LogP contribution in [0, 0.1) is 0 Å². The average Bonchev–Trinajstić information content (AvgIpc) is 2.52. The molecule has 8 heteroatoms. The Kier molecular flexibility index (Phi) is 3.78. The molecule has 0 amide bonds. The van der Waals surface area contributed by atoms with E-state index in [2.05, 4.69) is 15.5 Å². The smallest absolute Gasteiger partial charge is 0.329 e. The molecule has 1 heterocycles. The molecule has 0 aromatic carbocycles. The van der Waals surface area contributed by atoms with Gasteiger partial charge in [-0.05, 0) is 0 Å². The molecule has 0 saturated carbocycles. The van der Waals surface area contributed by atoms with Crippen molar-refractivity contribution >= 4 is 11.3 Å². The van der Waals surface area contributed by atoms with Crippen LogP contribution in [0.4, 0.5) is 13.2 Å². The van der Waals surface area contributed by atoms with Crippen molar-refractivity contribution < 1.29 is 13.2 Å². The number of nitrogens with zero attached hydrogens (tertiary/aromatic N) is 2. The third-order valence-corrected chi connectivity index (χ3v) is 2.27. The van der Waals surface area contributed by atoms with Crippen molar-refractivity contribution in [2.24, 2.45) is 5.73 Å². The Balaban J connectivity index is 2.51. The second-order valence-corrected chi connectivity index (χ2v) is 3.53. The molecule has 0 aliphatic rings. The lowest BCUT2D eigenvalue weighted by atomic mass is 10.6. The van der Waals surface area contributed by atoms with E-state index in [1.807, 2.05) is 0 Å². The zero-order valence-corrected chi connectivity index (χ0v) is 7.95. The van der Waals surface area contributed by atoms with Crippen molar-refractivity contribution in [3.8, 4) is 0 Å². The van der Waals surface area contributed by atoms with E-state index >= 15 is 0 Å². The largest absolute Gasteiger partial charge is 0.445 e. The number of hydrogen-bond acceptors (Lipinski definition) is 5. The Morgan fingerprint density at radius 3 is 2.57 bits per heavy atom. The molecule has 0 spiro atoms. The van der Waals surface area contributed by atoms with E-state index in [1.54, 1.807) is 0 Å². The quantitative estimate of drug-likeness (QED) is 0.738. The number of nitrogens with two attached hydrogens (primary N) is 1. The van der Waals surface area contributed by atoms with E-state index < -0.39 is 11.2 Å². The fourth-order valence-corrected chi connectivity index (χ4v) is 1.41. The third kappa shape index (κ3) is 3.20. The van der Waals surface area contributed by atoms with Gasteiger partial charge in [-0.25, -0.2) is 0 Å². The van der Waals surface area contributed by atoms with Gasteiger partial charge >= 0.3 is 6.18 Å². The Labute approximate surface area is 82.3 Å². The number of aromatic nitrogens is 2. The number of halogens is 3. The highest BCUT2D eigenvalue weighted by molar-refractivity contribution is 7.11. The van der Waals surface area contributed by atoms with Gasteiger partial charge in [-0.3, -0.25) is 0 Å². The highest BCUT2D eigenvalue weighted by Gasteiger charge is 2.35. The number of alkyl halides is 3. The summed E-state index contributed by atoms with van der Waals surface area (Å²) >= 11 is 0.540. The lowest BCUT2D eigenvalue weighted by Crippen LogP contribution is -2.21. The molecule has 1 aromatic heterocycles. The van der Waals surface area contributed by atoms with Crippen LogP contribution in [0.3, 0.4) is 0 Å². The first-order chi connectivity index (χ1) is 6.54. The van der Waals surface area contributed by atoms with Crippen molar-refractivity contribution in [1.29, 1.82) is 0 Å². The lowest BCUT2D eigenvalue weighted by Gasteiger charge is -1.98. The Bertz CT molecular complexity index is 285. The summed E-state index contributed by atoms with van der Waals surface area (Å²) in [5.41, 5.74) is 5.19. The van der Waals surface area contributed by atoms with Crippen molar-refractivity contribution in [2.75, 3.05) is 13.1 Å². The van der Waals surface area contributed by atoms with Gasteiger partial charge in [0, 0.05) is 19.6 Å². The zero-order chi connectivity index (χ0) is 10.6. The predicted octanol–water partition coefficient (Wildman–Crippen LogP) is 0.605. The summed E-state index contributed by atoms with van der Waals surface area (Å²) in [6, 6.07) is 0. The number of nitrogens with one attached hydrogen (secondary N) is 1. The molecule has 3 N–H and O–H groups in total. The highest BCUT2D eigenvalue weighted by Crippen LogP contribution is 2.31. The van der Waals surface area contributed by atoms with E-state index in [0.717, 1.165) is 0 Å². The first kappa shape index (κ1) is 11.3. The molecule has 80 valence electrons. The summed E-state index contributed by atoms with van der Waals surface area (Å²) in [6.45, 7) is 1.25. The van der Waals surface area contributed by atoms with Gasteiger partial charge in [0.05, 0.1) is 0 Å². The van der Waals surface area contributed by atoms with Crippen LogP contribution < -0.4 is 11.1 Å². The Hall–Kier alpha value is -0.730. The van der Waals surface area contributed by atoms with Crippen LogP contribution >= 0.6 is 11.3 Å². The molecule has 0 aliphatic carbocycles. The van der Waals surface area contributed by atoms with Gasteiger partial charge in [0.2, 0.25) is 5.01 Å². The van der Waals surface area contributed by atoms with Gasteiger partial charge < -0.3 is 11.1 Å². The van der Waals surface area contributed by atoms with E-state index in [0.29, 0.717) is 29.4 Å². The second-order valence-electron chi connectivity index (χ2n) is 2.46. The molecule has 0 fully saturated rings. The molecule has 1 rings (SSSR count). The number of hydrogen-bond donors (Lipinski definition) is 2. The van der Waals surface area contributed by atoms with Gasteiger partial charge in [0.25, 0.3) is 0 Å². The molecule has 14 heavy (non-hydrogen) atoms. The monoisotopic (exact) mass is 226 g/mol. The molecule has 0 aliphatic heterocycles. The molecule has 0 bridgehead atoms. The van der Waals surface area contributed by atoms with Crippen LogP contribution in [-0.4, -0.2) is 23.3 Å². The van der Waals surface area contributed by atoms with E-state index in [-0.39, 0.29) is 6.54 Å². The SMILES string of the molecule is NCCNCc1nnc(C(F)(F)F)s1. The van der Waals surface area contributed by atoms with Crippen molar-refractivity contribution in [1.82, 2.24) is 15.5 Å². The summed E-state index contributed by atoms with van der Waals surface area (Å²) in [5.74, 6) is 0. The Morgan fingerprint density at radius 2 is 2.07 bits per heavy atom. The maximum absolute atomic E-state index is 12.1. The summed E-state index contributed by atoms with van der Waals surface area (Å²) in [7, 11) is 0. The summed E-state index contributed by atoms with van der Waals surface area (Å²) in [6.07, 6.45) is -4.40. The van der Waals surface area contributed by atoms with Crippen LogP contribution in [0.25, 0.3) is 0 Å². The number of rotatable bonds is 4. The van der Waals surface area contributed by atoms with Crippen LogP contribution in [0.2, 0.25) is 0 Å². The Morgan fingerprint density at radius 1 is 1.36 bits per heavy atom. The minimum Gasteiger partial charge on any atom is -0.329 e. The molecular weight excluding hydrogens is 217 g/mol. The van der Waals surface area contributed by atoms with Gasteiger partial charge in [-0.15, -0.1) is 10.2 Å². The molecule has 0 atom stereocenters. The van der Waals surface area contributed by atoms with Crippen molar-refractivity contribution in [3.05, 3.63) is 10.0 Å². The molecule has 0 saturated heterocycles. The molecule has 0 unspecified atom stereocenters. The minimum absolute atomic E-state index is 0.269. The standard InChI is InChI=1S/C6H9F3N4S/c7-6(8,9)5-13-12-4(14-5)3-11-2-1-10/h11H,1-3,10H2. The molecule has 1 aromatic rings. The first-order valence-corrected chi connectivity index (χ1v) is 4.66. The topological polar surface area (TPSA) is 63.8 Å². The fourth-order valence-electron chi connectivity index (χ4n) is 0.737. The molecule has 0 radical (unpaired) electrons. The summed E-state index contributed by atoms with van der Waals surface area (Å²) in [4.78, 5) is 0. The second kappa shape index (κ2) is 4.67. The van der Waals surface area contributed by atoms with Gasteiger partial charge in [-0.2, -0.15) is 13.2 Å². The van der Waals surface area contributed by atoms with Crippen LogP contribution in [-0.2, 0) is 12.7 Å². The van der Waals surface area contributed by atoms with Crippen LogP contribution in [0.1, 0.15) is 10.0 Å². The first-order valence-electron chi connectivity index (χ1n) is 3.84. The summed E-state index contributed by atoms with van der Waals surface area (Å²) < 4.78 is 36.2. The maximum Gasteiger partial charge on any atom is 0.445 e. The third-order valence-electron chi connectivity index (χ3n) is 1.31.